The molecule has 1 aliphatic rings. The number of aromatic nitrogens is 1. The van der Waals surface area contributed by atoms with E-state index < -0.39 is 0 Å². The molecule has 1 saturated carbocycles. The molecule has 1 fully saturated rings. The van der Waals surface area contributed by atoms with E-state index in [0.29, 0.717) is 11.9 Å². The average Bonchev–Trinajstić information content (AvgIpc) is 2.90. The summed E-state index contributed by atoms with van der Waals surface area (Å²) in [7, 11) is 0. The molecule has 3 N–H and O–H groups in total. The van der Waals surface area contributed by atoms with Crippen LogP contribution in [-0.2, 0) is 6.42 Å². The summed E-state index contributed by atoms with van der Waals surface area (Å²) in [5.41, 5.74) is 7.15. The fourth-order valence-corrected chi connectivity index (χ4v) is 2.96. The van der Waals surface area contributed by atoms with Crippen molar-refractivity contribution < 1.29 is 0 Å². The first kappa shape index (κ1) is 13.3. The van der Waals surface area contributed by atoms with Gasteiger partial charge in [-0.3, -0.25) is 0 Å². The predicted octanol–water partition coefficient (Wildman–Crippen LogP) is 2.76. The Morgan fingerprint density at radius 3 is 2.89 bits per heavy atom. The van der Waals surface area contributed by atoms with Crippen LogP contribution in [0.5, 0.6) is 0 Å². The lowest BCUT2D eigenvalue weighted by Crippen LogP contribution is -2.37. The third kappa shape index (κ3) is 3.45. The molecule has 1 aromatic heterocycles. The number of hydrogen-bond donors (Lipinski definition) is 2. The van der Waals surface area contributed by atoms with Gasteiger partial charge in [-0.2, -0.15) is 0 Å². The normalized spacial score (nSPS) is 18.1. The van der Waals surface area contributed by atoms with E-state index in [1.807, 2.05) is 6.07 Å². The summed E-state index contributed by atoms with van der Waals surface area (Å²) in [5, 5.41) is 3.70. The van der Waals surface area contributed by atoms with Gasteiger partial charge >= 0.3 is 0 Å². The van der Waals surface area contributed by atoms with Crippen molar-refractivity contribution in [1.82, 2.24) is 10.3 Å². The zero-order valence-corrected chi connectivity index (χ0v) is 11.4. The van der Waals surface area contributed by atoms with E-state index in [4.69, 9.17) is 5.73 Å². The molecule has 0 spiro atoms. The van der Waals surface area contributed by atoms with Gasteiger partial charge in [-0.15, -0.1) is 0 Å². The maximum Gasteiger partial charge on any atom is 0.126 e. The molecule has 1 unspecified atom stereocenters. The highest BCUT2D eigenvalue weighted by Gasteiger charge is 2.25. The summed E-state index contributed by atoms with van der Waals surface area (Å²) in [6, 6.07) is 4.66. The Morgan fingerprint density at radius 2 is 2.22 bits per heavy atom. The van der Waals surface area contributed by atoms with Gasteiger partial charge in [-0.1, -0.05) is 25.8 Å². The molecule has 3 heteroatoms. The molecule has 0 amide bonds. The van der Waals surface area contributed by atoms with Gasteiger partial charge in [-0.05, 0) is 49.8 Å². The molecule has 0 aromatic carbocycles. The van der Waals surface area contributed by atoms with E-state index in [1.165, 1.54) is 37.7 Å². The van der Waals surface area contributed by atoms with Crippen molar-refractivity contribution in [2.75, 3.05) is 12.3 Å². The fraction of sp³-hybridized carbons (Fsp3) is 0.667. The summed E-state index contributed by atoms with van der Waals surface area (Å²) in [6.07, 6.45) is 9.47. The first-order valence-corrected chi connectivity index (χ1v) is 7.24. The molecule has 100 valence electrons. The van der Waals surface area contributed by atoms with Gasteiger partial charge in [0.25, 0.3) is 0 Å². The van der Waals surface area contributed by atoms with Crippen molar-refractivity contribution >= 4 is 5.82 Å². The molecule has 18 heavy (non-hydrogen) atoms. The van der Waals surface area contributed by atoms with E-state index in [2.05, 4.69) is 23.3 Å². The van der Waals surface area contributed by atoms with Crippen molar-refractivity contribution in [3.8, 4) is 0 Å². The molecule has 0 aliphatic heterocycles. The zero-order valence-electron chi connectivity index (χ0n) is 11.4. The van der Waals surface area contributed by atoms with Crippen LogP contribution in [0.1, 0.15) is 44.6 Å². The number of nitrogens with two attached hydrogens (primary N) is 1. The maximum atomic E-state index is 5.96. The molecule has 0 radical (unpaired) electrons. The highest BCUT2D eigenvalue weighted by atomic mass is 14.9. The maximum absolute atomic E-state index is 5.96. The summed E-state index contributed by atoms with van der Waals surface area (Å²) in [5.74, 6) is 1.51. The SMILES string of the molecule is CCCNC(Cc1cccnc1N)C1CCCC1. The quantitative estimate of drug-likeness (QED) is 0.812. The van der Waals surface area contributed by atoms with Crippen LogP contribution < -0.4 is 11.1 Å². The van der Waals surface area contributed by atoms with Crippen LogP contribution in [0.2, 0.25) is 0 Å². The molecule has 1 atom stereocenters. The number of nitrogen functional groups attached to an aromatic ring is 1. The Labute approximate surface area is 110 Å². The van der Waals surface area contributed by atoms with E-state index in [0.717, 1.165) is 18.9 Å². The molecular weight excluding hydrogens is 222 g/mol. The molecule has 1 aromatic rings. The van der Waals surface area contributed by atoms with E-state index in [1.54, 1.807) is 6.20 Å². The van der Waals surface area contributed by atoms with Crippen LogP contribution in [0.25, 0.3) is 0 Å². The van der Waals surface area contributed by atoms with Gasteiger partial charge < -0.3 is 11.1 Å². The Hall–Kier alpha value is -1.09. The molecular formula is C15H25N3. The summed E-state index contributed by atoms with van der Waals surface area (Å²) in [4.78, 5) is 4.19. The average molecular weight is 247 g/mol. The van der Waals surface area contributed by atoms with Gasteiger partial charge in [0, 0.05) is 12.2 Å². The monoisotopic (exact) mass is 247 g/mol. The van der Waals surface area contributed by atoms with Gasteiger partial charge in [0.05, 0.1) is 0 Å². The minimum absolute atomic E-state index is 0.568. The Morgan fingerprint density at radius 1 is 1.44 bits per heavy atom. The van der Waals surface area contributed by atoms with Crippen molar-refractivity contribution in [2.24, 2.45) is 5.92 Å². The number of nitrogens with one attached hydrogen (secondary N) is 1. The van der Waals surface area contributed by atoms with E-state index in [-0.39, 0.29) is 0 Å². The molecule has 2 rings (SSSR count). The van der Waals surface area contributed by atoms with Gasteiger partial charge in [-0.25, -0.2) is 4.98 Å². The second-order valence-electron chi connectivity index (χ2n) is 5.36. The van der Waals surface area contributed by atoms with Gasteiger partial charge in [0.15, 0.2) is 0 Å². The highest BCUT2D eigenvalue weighted by molar-refractivity contribution is 5.39. The number of hydrogen-bond acceptors (Lipinski definition) is 3. The standard InChI is InChI=1S/C15H25N3/c1-2-9-17-14(12-6-3-4-7-12)11-13-8-5-10-18-15(13)16/h5,8,10,12,14,17H,2-4,6-7,9,11H2,1H3,(H2,16,18). The number of nitrogens with zero attached hydrogens (tertiary/aromatic N) is 1. The highest BCUT2D eigenvalue weighted by Crippen LogP contribution is 2.29. The minimum Gasteiger partial charge on any atom is -0.383 e. The second-order valence-corrected chi connectivity index (χ2v) is 5.36. The zero-order chi connectivity index (χ0) is 12.8. The van der Waals surface area contributed by atoms with Crippen LogP contribution in [-0.4, -0.2) is 17.6 Å². The van der Waals surface area contributed by atoms with Crippen molar-refractivity contribution in [3.05, 3.63) is 23.9 Å². The van der Waals surface area contributed by atoms with Gasteiger partial charge in [0.2, 0.25) is 0 Å². The molecule has 1 heterocycles. The van der Waals surface area contributed by atoms with Crippen molar-refractivity contribution in [3.63, 3.8) is 0 Å². The lowest BCUT2D eigenvalue weighted by Gasteiger charge is -2.25. The minimum atomic E-state index is 0.568. The van der Waals surface area contributed by atoms with E-state index in [9.17, 15) is 0 Å². The largest absolute Gasteiger partial charge is 0.383 e. The molecule has 3 nitrogen and oxygen atoms in total. The van der Waals surface area contributed by atoms with Crippen LogP contribution >= 0.6 is 0 Å². The lowest BCUT2D eigenvalue weighted by molar-refractivity contribution is 0.356. The number of pyridine rings is 1. The Balaban J connectivity index is 2.02. The predicted molar refractivity (Wildman–Crippen MR) is 76.4 cm³/mol. The third-order valence-electron chi connectivity index (χ3n) is 3.99. The smallest absolute Gasteiger partial charge is 0.126 e. The van der Waals surface area contributed by atoms with Crippen molar-refractivity contribution in [1.29, 1.82) is 0 Å². The van der Waals surface area contributed by atoms with Crippen molar-refractivity contribution in [2.45, 2.75) is 51.5 Å². The van der Waals surface area contributed by atoms with Crippen LogP contribution in [0.4, 0.5) is 5.82 Å². The lowest BCUT2D eigenvalue weighted by atomic mass is 9.92. The summed E-state index contributed by atoms with van der Waals surface area (Å²) < 4.78 is 0. The Bertz CT molecular complexity index is 359. The fourth-order valence-electron chi connectivity index (χ4n) is 2.96. The first-order valence-electron chi connectivity index (χ1n) is 7.24. The number of rotatable bonds is 6. The third-order valence-corrected chi connectivity index (χ3v) is 3.99. The van der Waals surface area contributed by atoms with Crippen LogP contribution in [0.15, 0.2) is 18.3 Å². The first-order chi connectivity index (χ1) is 8.81. The molecule has 1 aliphatic carbocycles. The van der Waals surface area contributed by atoms with E-state index >= 15 is 0 Å². The van der Waals surface area contributed by atoms with Gasteiger partial charge in [0.1, 0.15) is 5.82 Å². The molecule has 0 saturated heterocycles. The van der Waals surface area contributed by atoms with Crippen LogP contribution in [0, 0.1) is 5.92 Å². The topological polar surface area (TPSA) is 50.9 Å². The Kier molecular flexibility index (Phi) is 5.00. The molecule has 0 bridgehead atoms. The summed E-state index contributed by atoms with van der Waals surface area (Å²) >= 11 is 0. The number of anilines is 1. The van der Waals surface area contributed by atoms with Crippen LogP contribution in [0.3, 0.4) is 0 Å². The summed E-state index contributed by atoms with van der Waals surface area (Å²) in [6.45, 7) is 3.32. The second kappa shape index (κ2) is 6.74.